The van der Waals surface area contributed by atoms with Gasteiger partial charge in [0.05, 0.1) is 12.1 Å². The fourth-order valence-corrected chi connectivity index (χ4v) is 7.30. The summed E-state index contributed by atoms with van der Waals surface area (Å²) in [6, 6.07) is 1.62. The van der Waals surface area contributed by atoms with E-state index < -0.39 is 12.0 Å². The molecule has 0 radical (unpaired) electrons. The van der Waals surface area contributed by atoms with E-state index in [0.29, 0.717) is 12.1 Å². The highest BCUT2D eigenvalue weighted by Gasteiger charge is 2.57. The molecule has 1 heterocycles. The Morgan fingerprint density at radius 2 is 2.08 bits per heavy atom. The maximum Gasteiger partial charge on any atom is 0.307 e. The maximum atomic E-state index is 12.6. The van der Waals surface area contributed by atoms with Gasteiger partial charge in [-0.3, -0.25) is 14.9 Å². The van der Waals surface area contributed by atoms with E-state index in [1.165, 1.54) is 19.3 Å². The first kappa shape index (κ1) is 18.0. The Bertz CT molecular complexity index is 717. The highest BCUT2D eigenvalue weighted by atomic mass is 79.9. The highest BCUT2D eigenvalue weighted by Crippen LogP contribution is 2.65. The molecule has 0 spiro atoms. The van der Waals surface area contributed by atoms with Crippen molar-refractivity contribution < 1.29 is 18.8 Å². The minimum absolute atomic E-state index is 0.0445. The minimum atomic E-state index is -0.861. The number of aromatic nitrogens is 1. The fourth-order valence-electron chi connectivity index (χ4n) is 5.79. The molecular formula is C19H25BrN2O4. The van der Waals surface area contributed by atoms with Gasteiger partial charge >= 0.3 is 5.97 Å². The average Bonchev–Trinajstić information content (AvgIpc) is 2.88. The van der Waals surface area contributed by atoms with Gasteiger partial charge in [0.15, 0.2) is 6.10 Å². The van der Waals surface area contributed by atoms with Gasteiger partial charge in [-0.1, -0.05) is 21.1 Å². The van der Waals surface area contributed by atoms with Crippen LogP contribution in [0.1, 0.15) is 57.6 Å². The molecule has 4 aliphatic carbocycles. The molecule has 3 atom stereocenters. The fraction of sp³-hybridized carbons (Fsp3) is 0.737. The number of halogens is 1. The number of hydrogen-bond donors (Lipinski definition) is 1. The molecular weight excluding hydrogens is 400 g/mol. The normalized spacial score (nSPS) is 36.0. The second-order valence-corrected chi connectivity index (χ2v) is 10.4. The first-order chi connectivity index (χ1) is 12.2. The van der Waals surface area contributed by atoms with E-state index in [9.17, 15) is 9.59 Å². The third-order valence-corrected chi connectivity index (χ3v) is 7.11. The lowest BCUT2D eigenvalue weighted by Gasteiger charge is -2.60. The van der Waals surface area contributed by atoms with Crippen LogP contribution in [0.15, 0.2) is 10.6 Å². The molecule has 4 saturated carbocycles. The summed E-state index contributed by atoms with van der Waals surface area (Å²) in [6.07, 6.45) is 6.59. The Balaban J connectivity index is 1.34. The molecule has 1 aromatic heterocycles. The number of ether oxygens (including phenoxy) is 1. The molecule has 1 amide bonds. The van der Waals surface area contributed by atoms with Gasteiger partial charge in [0.2, 0.25) is 5.88 Å². The van der Waals surface area contributed by atoms with Crippen molar-refractivity contribution in [3.8, 4) is 0 Å². The molecule has 0 aliphatic heterocycles. The number of alkyl halides is 1. The summed E-state index contributed by atoms with van der Waals surface area (Å²) < 4.78 is 10.6. The smallest absolute Gasteiger partial charge is 0.307 e. The topological polar surface area (TPSA) is 81.4 Å². The minimum Gasteiger partial charge on any atom is -0.453 e. The van der Waals surface area contributed by atoms with Crippen LogP contribution in [0.25, 0.3) is 0 Å². The van der Waals surface area contributed by atoms with Crippen LogP contribution in [0.3, 0.4) is 0 Å². The molecule has 26 heavy (non-hydrogen) atoms. The van der Waals surface area contributed by atoms with Gasteiger partial charge < -0.3 is 9.26 Å². The summed E-state index contributed by atoms with van der Waals surface area (Å²) in [5.74, 6) is 1.02. The average molecular weight is 425 g/mol. The third-order valence-electron chi connectivity index (χ3n) is 6.18. The van der Waals surface area contributed by atoms with Crippen LogP contribution in [0.2, 0.25) is 0 Å². The molecule has 4 aliphatic rings. The first-order valence-corrected chi connectivity index (χ1v) is 10.2. The zero-order valence-electron chi connectivity index (χ0n) is 15.2. The number of nitrogens with zero attached hydrogens (tertiary/aromatic N) is 1. The van der Waals surface area contributed by atoms with E-state index in [0.717, 1.165) is 31.1 Å². The highest BCUT2D eigenvalue weighted by molar-refractivity contribution is 9.10. The van der Waals surface area contributed by atoms with Crippen molar-refractivity contribution >= 4 is 33.7 Å². The van der Waals surface area contributed by atoms with Crippen LogP contribution in [-0.4, -0.2) is 27.5 Å². The van der Waals surface area contributed by atoms with Crippen LogP contribution in [0, 0.1) is 24.2 Å². The zero-order valence-corrected chi connectivity index (χ0v) is 16.8. The summed E-state index contributed by atoms with van der Waals surface area (Å²) in [4.78, 5) is 24.7. The van der Waals surface area contributed by atoms with Gasteiger partial charge in [-0.15, -0.1) is 0 Å². The molecule has 5 rings (SSSR count). The van der Waals surface area contributed by atoms with Crippen molar-refractivity contribution in [3.63, 3.8) is 0 Å². The summed E-state index contributed by atoms with van der Waals surface area (Å²) in [6.45, 7) is 3.35. The quantitative estimate of drug-likeness (QED) is 0.570. The molecule has 6 nitrogen and oxygen atoms in total. The molecule has 1 aromatic rings. The molecule has 1 N–H and O–H groups in total. The lowest BCUT2D eigenvalue weighted by molar-refractivity contribution is -0.159. The molecule has 142 valence electrons. The van der Waals surface area contributed by atoms with Crippen molar-refractivity contribution in [1.82, 2.24) is 5.16 Å². The summed E-state index contributed by atoms with van der Waals surface area (Å²) in [5.41, 5.74) is 0.721. The Labute approximate surface area is 161 Å². The SMILES string of the molecule is Cc1cc(NC(=O)C(C)OC(=O)CC23CC4CC(CC(Br)(C4)C2)C3)on1. The second-order valence-electron chi connectivity index (χ2n) is 8.74. The molecule has 3 unspecified atom stereocenters. The van der Waals surface area contributed by atoms with Crippen LogP contribution in [0.4, 0.5) is 5.88 Å². The number of nitrogens with one attached hydrogen (secondary N) is 1. The van der Waals surface area contributed by atoms with E-state index in [1.54, 1.807) is 19.9 Å². The molecule has 7 heteroatoms. The first-order valence-electron chi connectivity index (χ1n) is 9.37. The monoisotopic (exact) mass is 424 g/mol. The van der Waals surface area contributed by atoms with Crippen molar-refractivity contribution in [2.45, 2.75) is 69.2 Å². The molecule has 0 aromatic carbocycles. The number of anilines is 1. The maximum absolute atomic E-state index is 12.6. The number of hydrogen-bond acceptors (Lipinski definition) is 5. The number of aryl methyl sites for hydroxylation is 1. The third kappa shape index (κ3) is 3.55. The molecule has 4 bridgehead atoms. The Morgan fingerprint density at radius 3 is 2.65 bits per heavy atom. The lowest BCUT2D eigenvalue weighted by atomic mass is 9.49. The van der Waals surface area contributed by atoms with Gasteiger partial charge in [0.1, 0.15) is 0 Å². The van der Waals surface area contributed by atoms with Crippen molar-refractivity contribution in [2.24, 2.45) is 17.3 Å². The van der Waals surface area contributed by atoms with Crippen molar-refractivity contribution in [2.75, 3.05) is 5.32 Å². The van der Waals surface area contributed by atoms with E-state index in [1.807, 2.05) is 0 Å². The van der Waals surface area contributed by atoms with Gasteiger partial charge in [0, 0.05) is 10.4 Å². The predicted molar refractivity (Wildman–Crippen MR) is 98.8 cm³/mol. The van der Waals surface area contributed by atoms with E-state index >= 15 is 0 Å². The predicted octanol–water partition coefficient (Wildman–Crippen LogP) is 3.98. The Morgan fingerprint density at radius 1 is 1.38 bits per heavy atom. The second kappa shape index (κ2) is 6.36. The van der Waals surface area contributed by atoms with Gasteiger partial charge in [-0.2, -0.15) is 0 Å². The van der Waals surface area contributed by atoms with Crippen molar-refractivity contribution in [1.29, 1.82) is 0 Å². The van der Waals surface area contributed by atoms with Crippen LogP contribution in [-0.2, 0) is 14.3 Å². The largest absolute Gasteiger partial charge is 0.453 e. The van der Waals surface area contributed by atoms with Crippen LogP contribution < -0.4 is 5.32 Å². The summed E-state index contributed by atoms with van der Waals surface area (Å²) >= 11 is 3.96. The van der Waals surface area contributed by atoms with E-state index in [-0.39, 0.29) is 21.6 Å². The number of esters is 1. The van der Waals surface area contributed by atoms with Gasteiger partial charge in [-0.25, -0.2) is 0 Å². The Kier molecular flexibility index (Phi) is 4.40. The summed E-state index contributed by atoms with van der Waals surface area (Å²) in [5, 5.41) is 6.30. The van der Waals surface area contributed by atoms with Gasteiger partial charge in [-0.05, 0) is 69.6 Å². The zero-order chi connectivity index (χ0) is 18.5. The van der Waals surface area contributed by atoms with E-state index in [2.05, 4.69) is 26.4 Å². The van der Waals surface area contributed by atoms with Crippen LogP contribution in [0.5, 0.6) is 0 Å². The van der Waals surface area contributed by atoms with Gasteiger partial charge in [0.25, 0.3) is 5.91 Å². The molecule has 4 fully saturated rings. The number of carbonyl (C=O) groups excluding carboxylic acids is 2. The Hall–Kier alpha value is -1.37. The van der Waals surface area contributed by atoms with Crippen LogP contribution >= 0.6 is 15.9 Å². The standard InChI is InChI=1S/C19H25BrN2O4/c1-11-3-15(26-22-11)21-17(24)12(2)25-16(23)9-18-5-13-4-14(6-18)8-19(20,7-13)10-18/h3,12-14H,4-10H2,1-2H3,(H,21,24). The lowest BCUT2D eigenvalue weighted by Crippen LogP contribution is -2.53. The number of carbonyl (C=O) groups is 2. The number of rotatable bonds is 5. The number of amides is 1. The van der Waals surface area contributed by atoms with E-state index in [4.69, 9.17) is 9.26 Å². The summed E-state index contributed by atoms with van der Waals surface area (Å²) in [7, 11) is 0. The molecule has 0 saturated heterocycles. The van der Waals surface area contributed by atoms with Crippen molar-refractivity contribution in [3.05, 3.63) is 11.8 Å².